The second-order valence-electron chi connectivity index (χ2n) is 13.6. The summed E-state index contributed by atoms with van der Waals surface area (Å²) in [6.45, 7) is 0. The van der Waals surface area contributed by atoms with Crippen molar-refractivity contribution in [1.82, 2.24) is 0 Å². The average Bonchev–Trinajstić information content (AvgIpc) is 3.87. The van der Waals surface area contributed by atoms with Crippen molar-refractivity contribution in [3.8, 4) is 44.5 Å². The molecule has 2 heterocycles. The van der Waals surface area contributed by atoms with Gasteiger partial charge in [-0.05, 0) is 0 Å². The zero-order valence-electron chi connectivity index (χ0n) is 28.1. The molecule has 0 nitrogen and oxygen atoms in total. The molecule has 242 valence electrons. The molecule has 0 radical (unpaired) electrons. The van der Waals surface area contributed by atoms with Gasteiger partial charge in [-0.25, -0.2) is 0 Å². The summed E-state index contributed by atoms with van der Waals surface area (Å²) in [6, 6.07) is 63.5. The van der Waals surface area contributed by atoms with E-state index < -0.39 is 0 Å². The first-order chi connectivity index (χ1) is 25.8. The van der Waals surface area contributed by atoms with Crippen LogP contribution < -0.4 is 0 Å². The monoisotopic (exact) mass is 742 g/mol. The Bertz CT molecular complexity index is 3050. The van der Waals surface area contributed by atoms with Gasteiger partial charge in [0.05, 0.1) is 0 Å². The van der Waals surface area contributed by atoms with E-state index >= 15 is 0 Å². The minimum atomic E-state index is 0.224. The van der Waals surface area contributed by atoms with E-state index in [1.165, 1.54) is 107 Å². The van der Waals surface area contributed by atoms with Gasteiger partial charge < -0.3 is 0 Å². The Labute approximate surface area is 311 Å². The van der Waals surface area contributed by atoms with Crippen LogP contribution in [0.15, 0.2) is 181 Å². The summed E-state index contributed by atoms with van der Waals surface area (Å²) in [6.07, 6.45) is 0. The van der Waals surface area contributed by atoms with Crippen molar-refractivity contribution in [2.75, 3.05) is 0 Å². The van der Waals surface area contributed by atoms with Crippen molar-refractivity contribution in [1.29, 1.82) is 0 Å². The molecule has 9 aromatic carbocycles. The van der Waals surface area contributed by atoms with Crippen LogP contribution in [0, 0.1) is 0 Å². The van der Waals surface area contributed by atoms with Crippen LogP contribution in [0.5, 0.6) is 0 Å². The summed E-state index contributed by atoms with van der Waals surface area (Å²) in [5.74, 6) is 0. The van der Waals surface area contributed by atoms with Gasteiger partial charge in [-0.2, -0.15) is 0 Å². The minimum absolute atomic E-state index is 0.224. The van der Waals surface area contributed by atoms with Gasteiger partial charge in [-0.3, -0.25) is 0 Å². The van der Waals surface area contributed by atoms with Gasteiger partial charge >= 0.3 is 313 Å². The van der Waals surface area contributed by atoms with E-state index in [1.807, 2.05) is 0 Å². The molecule has 0 fully saturated rings. The van der Waals surface area contributed by atoms with Crippen molar-refractivity contribution in [2.45, 2.75) is 0 Å². The fourth-order valence-corrected chi connectivity index (χ4v) is 11.6. The first kappa shape index (κ1) is 29.9. The van der Waals surface area contributed by atoms with E-state index in [2.05, 4.69) is 181 Å². The van der Waals surface area contributed by atoms with E-state index in [-0.39, 0.29) is 14.5 Å². The summed E-state index contributed by atoms with van der Waals surface area (Å²) >= 11 is 1.98. The molecule has 0 amide bonds. The summed E-state index contributed by atoms with van der Waals surface area (Å²) in [5, 5.41) is 17.6. The number of fused-ring (bicyclic) bond motifs is 7. The first-order valence-electron chi connectivity index (χ1n) is 17.7. The topological polar surface area (TPSA) is 0 Å². The van der Waals surface area contributed by atoms with Gasteiger partial charge in [-0.1, -0.05) is 0 Å². The number of thiophene rings is 1. The van der Waals surface area contributed by atoms with E-state index in [1.54, 1.807) is 11.3 Å². The Hall–Kier alpha value is -5.76. The van der Waals surface area contributed by atoms with Crippen molar-refractivity contribution in [3.63, 3.8) is 0 Å². The Morgan fingerprint density at radius 2 is 0.731 bits per heavy atom. The molecule has 11 rings (SSSR count). The van der Waals surface area contributed by atoms with Crippen LogP contribution in [0.1, 0.15) is 0 Å². The van der Waals surface area contributed by atoms with Crippen LogP contribution in [-0.4, -0.2) is 14.5 Å². The molecule has 0 N–H and O–H groups in total. The van der Waals surface area contributed by atoms with Gasteiger partial charge in [0.25, 0.3) is 0 Å². The molecule has 0 aliphatic rings. The molecule has 0 saturated carbocycles. The number of rotatable bonds is 4. The second-order valence-corrected chi connectivity index (χ2v) is 16.6. The van der Waals surface area contributed by atoms with Crippen molar-refractivity contribution in [2.24, 2.45) is 0 Å². The molecule has 0 aliphatic carbocycles. The predicted octanol–water partition coefficient (Wildman–Crippen LogP) is 14.4. The standard InChI is InChI=1S/C50H30SSe/c1-2-12-31(13-3-1)47-36-14-4-6-16-38(36)49(39-17-7-5-15-37(39)47)33-22-24-35-44-28-32(23-25-45(44)52-46(35)29-33)48-40-18-8-10-20-42(40)50(34-26-27-51-30-34)43-21-11-9-19-41(43)48/h1-30H. The maximum absolute atomic E-state index is 2.49. The van der Waals surface area contributed by atoms with E-state index in [0.717, 1.165) is 0 Å². The van der Waals surface area contributed by atoms with Crippen LogP contribution in [-0.2, 0) is 0 Å². The van der Waals surface area contributed by atoms with E-state index in [9.17, 15) is 0 Å². The third kappa shape index (κ3) is 4.52. The Morgan fingerprint density at radius 3 is 1.23 bits per heavy atom. The second kappa shape index (κ2) is 11.9. The fourth-order valence-electron chi connectivity index (χ4n) is 8.60. The van der Waals surface area contributed by atoms with Crippen LogP contribution in [0.2, 0.25) is 0 Å². The number of hydrogen-bond donors (Lipinski definition) is 0. The molecule has 0 unspecified atom stereocenters. The van der Waals surface area contributed by atoms with Crippen molar-refractivity contribution in [3.05, 3.63) is 181 Å². The molecule has 2 heteroatoms. The third-order valence-electron chi connectivity index (χ3n) is 10.8. The zero-order valence-corrected chi connectivity index (χ0v) is 30.7. The first-order valence-corrected chi connectivity index (χ1v) is 20.4. The Kier molecular flexibility index (Phi) is 6.85. The van der Waals surface area contributed by atoms with Gasteiger partial charge in [0.1, 0.15) is 0 Å². The van der Waals surface area contributed by atoms with Crippen LogP contribution >= 0.6 is 11.3 Å². The molecule has 0 atom stereocenters. The molecule has 2 aromatic heterocycles. The van der Waals surface area contributed by atoms with Crippen LogP contribution in [0.4, 0.5) is 0 Å². The summed E-state index contributed by atoms with van der Waals surface area (Å²) in [4.78, 5) is 0. The zero-order chi connectivity index (χ0) is 34.2. The van der Waals surface area contributed by atoms with Crippen molar-refractivity contribution < 1.29 is 0 Å². The molecule has 0 aliphatic heterocycles. The quantitative estimate of drug-likeness (QED) is 0.124. The average molecular weight is 742 g/mol. The third-order valence-corrected chi connectivity index (χ3v) is 13.8. The van der Waals surface area contributed by atoms with Gasteiger partial charge in [0.2, 0.25) is 0 Å². The van der Waals surface area contributed by atoms with Gasteiger partial charge in [0.15, 0.2) is 0 Å². The molecule has 0 bridgehead atoms. The maximum atomic E-state index is 2.49. The Morgan fingerprint density at radius 1 is 0.288 bits per heavy atom. The van der Waals surface area contributed by atoms with Crippen LogP contribution in [0.25, 0.3) is 107 Å². The van der Waals surface area contributed by atoms with Gasteiger partial charge in [0, 0.05) is 0 Å². The predicted molar refractivity (Wildman–Crippen MR) is 228 cm³/mol. The normalized spacial score (nSPS) is 11.8. The molecule has 0 saturated heterocycles. The van der Waals surface area contributed by atoms with Gasteiger partial charge in [-0.15, -0.1) is 0 Å². The molecular weight excluding hydrogens is 712 g/mol. The SMILES string of the molecule is c1ccc(-c2c3ccccc3c(-c3ccc4c(c3)[se]c3ccc(-c5c6ccccc6c(-c6ccsc6)c6ccccc56)cc34)c3ccccc23)cc1. The van der Waals surface area contributed by atoms with Crippen molar-refractivity contribution >= 4 is 88.2 Å². The van der Waals surface area contributed by atoms with Crippen LogP contribution in [0.3, 0.4) is 0 Å². The molecular formula is C50H30SSe. The van der Waals surface area contributed by atoms with E-state index in [4.69, 9.17) is 0 Å². The number of benzene rings is 9. The summed E-state index contributed by atoms with van der Waals surface area (Å²) < 4.78 is 2.92. The van der Waals surface area contributed by atoms with E-state index in [0.29, 0.717) is 0 Å². The Balaban J connectivity index is 1.13. The molecule has 11 aromatic rings. The summed E-state index contributed by atoms with van der Waals surface area (Å²) in [7, 11) is 0. The fraction of sp³-hybridized carbons (Fsp3) is 0. The number of hydrogen-bond acceptors (Lipinski definition) is 1. The summed E-state index contributed by atoms with van der Waals surface area (Å²) in [5.41, 5.74) is 10.4. The molecule has 0 spiro atoms. The molecule has 52 heavy (non-hydrogen) atoms.